The van der Waals surface area contributed by atoms with Crippen molar-refractivity contribution < 1.29 is 23.0 Å². The molecule has 1 heterocycles. The van der Waals surface area contributed by atoms with Crippen LogP contribution in [-0.2, 0) is 0 Å². The maximum atomic E-state index is 12.6. The number of halogens is 2. The number of rotatable bonds is 1. The number of nitrogens with two attached hydrogens (primary N) is 1. The molecule has 1 aliphatic heterocycles. The van der Waals surface area contributed by atoms with E-state index in [2.05, 4.69) is 9.47 Å². The molecule has 0 unspecified atom stereocenters. The molecular formula is C8H5F2NO3. The van der Waals surface area contributed by atoms with Gasteiger partial charge in [0.2, 0.25) is 0 Å². The first-order chi connectivity index (χ1) is 6.49. The van der Waals surface area contributed by atoms with Crippen LogP contribution in [0.3, 0.4) is 0 Å². The molecule has 0 bridgehead atoms. The molecule has 1 aliphatic rings. The molecule has 0 spiro atoms. The Balaban J connectivity index is 2.52. The summed E-state index contributed by atoms with van der Waals surface area (Å²) in [5.41, 5.74) is 4.83. The Morgan fingerprint density at radius 1 is 1.36 bits per heavy atom. The summed E-state index contributed by atoms with van der Waals surface area (Å²) in [7, 11) is 0. The monoisotopic (exact) mass is 201 g/mol. The van der Waals surface area contributed by atoms with Gasteiger partial charge in [-0.1, -0.05) is 6.07 Å². The minimum absolute atomic E-state index is 0.125. The molecular weight excluding hydrogens is 196 g/mol. The van der Waals surface area contributed by atoms with Gasteiger partial charge in [0, 0.05) is 0 Å². The SMILES string of the molecule is NC(=O)c1cccc2c1OC(F)(F)O2. The van der Waals surface area contributed by atoms with E-state index in [1.165, 1.54) is 18.2 Å². The van der Waals surface area contributed by atoms with E-state index in [1.54, 1.807) is 0 Å². The zero-order valence-corrected chi connectivity index (χ0v) is 6.79. The number of fused-ring (bicyclic) bond motifs is 1. The summed E-state index contributed by atoms with van der Waals surface area (Å²) in [6.07, 6.45) is -3.73. The number of carbonyl (C=O) groups is 1. The van der Waals surface area contributed by atoms with Crippen molar-refractivity contribution in [2.24, 2.45) is 5.73 Å². The molecule has 6 heteroatoms. The number of hydrogen-bond acceptors (Lipinski definition) is 3. The van der Waals surface area contributed by atoms with Crippen molar-refractivity contribution in [3.8, 4) is 11.5 Å². The number of primary amides is 1. The fraction of sp³-hybridized carbons (Fsp3) is 0.125. The Morgan fingerprint density at radius 2 is 2.07 bits per heavy atom. The number of alkyl halides is 2. The minimum Gasteiger partial charge on any atom is -0.395 e. The van der Waals surface area contributed by atoms with Gasteiger partial charge in [-0.05, 0) is 12.1 Å². The van der Waals surface area contributed by atoms with Gasteiger partial charge in [-0.15, -0.1) is 8.78 Å². The van der Waals surface area contributed by atoms with Crippen molar-refractivity contribution in [3.05, 3.63) is 23.8 Å². The van der Waals surface area contributed by atoms with Crippen LogP contribution in [0.4, 0.5) is 8.78 Å². The van der Waals surface area contributed by atoms with E-state index in [4.69, 9.17) is 5.73 Å². The Hall–Kier alpha value is -1.85. The van der Waals surface area contributed by atoms with Gasteiger partial charge in [0.1, 0.15) is 0 Å². The highest BCUT2D eigenvalue weighted by Crippen LogP contribution is 2.42. The van der Waals surface area contributed by atoms with Gasteiger partial charge < -0.3 is 15.2 Å². The lowest BCUT2D eigenvalue weighted by Crippen LogP contribution is -2.26. The number of carbonyl (C=O) groups excluding carboxylic acids is 1. The maximum Gasteiger partial charge on any atom is 0.586 e. The summed E-state index contributed by atoms with van der Waals surface area (Å²) < 4.78 is 33.4. The molecule has 2 N–H and O–H groups in total. The van der Waals surface area contributed by atoms with Gasteiger partial charge in [0.25, 0.3) is 5.91 Å². The lowest BCUT2D eigenvalue weighted by Gasteiger charge is -2.05. The predicted octanol–water partition coefficient (Wildman–Crippen LogP) is 1.11. The molecule has 1 aromatic carbocycles. The highest BCUT2D eigenvalue weighted by atomic mass is 19.3. The lowest BCUT2D eigenvalue weighted by molar-refractivity contribution is -0.286. The molecule has 0 fully saturated rings. The summed E-state index contributed by atoms with van der Waals surface area (Å²) in [5.74, 6) is -1.35. The molecule has 0 saturated heterocycles. The summed E-state index contributed by atoms with van der Waals surface area (Å²) >= 11 is 0. The van der Waals surface area contributed by atoms with Crippen LogP contribution in [0.1, 0.15) is 10.4 Å². The normalized spacial score (nSPS) is 16.7. The summed E-state index contributed by atoms with van der Waals surface area (Å²) in [4.78, 5) is 10.8. The second kappa shape index (κ2) is 2.57. The number of ether oxygens (including phenoxy) is 2. The topological polar surface area (TPSA) is 61.6 Å². The van der Waals surface area contributed by atoms with Crippen molar-refractivity contribution in [2.75, 3.05) is 0 Å². The number of para-hydroxylation sites is 1. The third-order valence-electron chi connectivity index (χ3n) is 1.69. The van der Waals surface area contributed by atoms with Crippen LogP contribution < -0.4 is 15.2 Å². The summed E-state index contributed by atoms with van der Waals surface area (Å²) in [5, 5.41) is 0. The Labute approximate surface area is 77.2 Å². The van der Waals surface area contributed by atoms with Gasteiger partial charge in [0.05, 0.1) is 5.56 Å². The van der Waals surface area contributed by atoms with Crippen LogP contribution >= 0.6 is 0 Å². The van der Waals surface area contributed by atoms with Crippen molar-refractivity contribution in [1.82, 2.24) is 0 Å². The highest BCUT2D eigenvalue weighted by molar-refractivity contribution is 5.96. The summed E-state index contributed by atoms with van der Waals surface area (Å²) in [6.45, 7) is 0. The van der Waals surface area contributed by atoms with Gasteiger partial charge in [-0.2, -0.15) is 0 Å². The van der Waals surface area contributed by atoms with Gasteiger partial charge in [-0.3, -0.25) is 4.79 Å². The Bertz CT molecular complexity index is 406. The van der Waals surface area contributed by atoms with E-state index >= 15 is 0 Å². The standard InChI is InChI=1S/C8H5F2NO3/c9-8(10)13-5-3-1-2-4(7(11)12)6(5)14-8/h1-3H,(H2,11,12). The quantitative estimate of drug-likeness (QED) is 0.740. The van der Waals surface area contributed by atoms with Gasteiger partial charge >= 0.3 is 6.29 Å². The van der Waals surface area contributed by atoms with Crippen molar-refractivity contribution in [3.63, 3.8) is 0 Å². The molecule has 0 aromatic heterocycles. The largest absolute Gasteiger partial charge is 0.586 e. The minimum atomic E-state index is -3.73. The van der Waals surface area contributed by atoms with Crippen LogP contribution in [0.25, 0.3) is 0 Å². The average molecular weight is 201 g/mol. The van der Waals surface area contributed by atoms with Crippen LogP contribution in [0, 0.1) is 0 Å². The van der Waals surface area contributed by atoms with Crippen LogP contribution in [0.15, 0.2) is 18.2 Å². The molecule has 0 aliphatic carbocycles. The van der Waals surface area contributed by atoms with E-state index in [0.717, 1.165) is 0 Å². The maximum absolute atomic E-state index is 12.6. The first-order valence-corrected chi connectivity index (χ1v) is 3.68. The molecule has 0 saturated carbocycles. The zero-order chi connectivity index (χ0) is 10.3. The van der Waals surface area contributed by atoms with Gasteiger partial charge in [0.15, 0.2) is 11.5 Å². The Kier molecular flexibility index (Phi) is 1.60. The molecule has 0 radical (unpaired) electrons. The van der Waals surface area contributed by atoms with Crippen molar-refractivity contribution in [2.45, 2.75) is 6.29 Å². The van der Waals surface area contributed by atoms with Crippen LogP contribution in [0.2, 0.25) is 0 Å². The fourth-order valence-electron chi connectivity index (χ4n) is 1.16. The van der Waals surface area contributed by atoms with Gasteiger partial charge in [-0.25, -0.2) is 0 Å². The second-order valence-electron chi connectivity index (χ2n) is 2.66. The number of amides is 1. The fourth-order valence-corrected chi connectivity index (χ4v) is 1.16. The highest BCUT2D eigenvalue weighted by Gasteiger charge is 2.44. The number of hydrogen-bond donors (Lipinski definition) is 1. The molecule has 2 rings (SSSR count). The first-order valence-electron chi connectivity index (χ1n) is 3.68. The second-order valence-corrected chi connectivity index (χ2v) is 2.66. The first kappa shape index (κ1) is 8.74. The molecule has 1 amide bonds. The van der Waals surface area contributed by atoms with Crippen molar-refractivity contribution >= 4 is 5.91 Å². The van der Waals surface area contributed by atoms with E-state index in [0.29, 0.717) is 0 Å². The van der Waals surface area contributed by atoms with E-state index in [9.17, 15) is 13.6 Å². The van der Waals surface area contributed by atoms with E-state index in [-0.39, 0.29) is 17.1 Å². The average Bonchev–Trinajstić information content (AvgIpc) is 2.36. The molecule has 1 aromatic rings. The van der Waals surface area contributed by atoms with E-state index in [1.807, 2.05) is 0 Å². The van der Waals surface area contributed by atoms with E-state index < -0.39 is 12.2 Å². The zero-order valence-electron chi connectivity index (χ0n) is 6.79. The summed E-state index contributed by atoms with van der Waals surface area (Å²) in [6, 6.07) is 3.93. The molecule has 74 valence electrons. The predicted molar refractivity (Wildman–Crippen MR) is 41.2 cm³/mol. The Morgan fingerprint density at radius 3 is 2.71 bits per heavy atom. The van der Waals surface area contributed by atoms with Crippen LogP contribution in [-0.4, -0.2) is 12.2 Å². The lowest BCUT2D eigenvalue weighted by atomic mass is 10.2. The smallest absolute Gasteiger partial charge is 0.395 e. The van der Waals surface area contributed by atoms with Crippen LogP contribution in [0.5, 0.6) is 11.5 Å². The molecule has 14 heavy (non-hydrogen) atoms. The molecule has 4 nitrogen and oxygen atoms in total. The number of benzene rings is 1. The van der Waals surface area contributed by atoms with Crippen molar-refractivity contribution in [1.29, 1.82) is 0 Å². The molecule has 0 atom stereocenters. The third kappa shape index (κ3) is 1.24. The third-order valence-corrected chi connectivity index (χ3v) is 1.69.